The predicted molar refractivity (Wildman–Crippen MR) is 93.9 cm³/mol. The lowest BCUT2D eigenvalue weighted by Gasteiger charge is -2.08. The van der Waals surface area contributed by atoms with E-state index in [1.54, 1.807) is 31.3 Å². The molecule has 3 aromatic rings. The molecule has 0 aliphatic heterocycles. The third kappa shape index (κ3) is 3.80. The van der Waals surface area contributed by atoms with Crippen molar-refractivity contribution in [2.24, 2.45) is 0 Å². The molecule has 0 unspecified atom stereocenters. The first-order valence-corrected chi connectivity index (χ1v) is 8.52. The third-order valence-electron chi connectivity index (χ3n) is 3.22. The number of aromatic nitrogens is 3. The van der Waals surface area contributed by atoms with Crippen LogP contribution in [0.4, 0.5) is 0 Å². The van der Waals surface area contributed by atoms with Gasteiger partial charge < -0.3 is 4.74 Å². The lowest BCUT2D eigenvalue weighted by Crippen LogP contribution is -1.96. The van der Waals surface area contributed by atoms with Gasteiger partial charge in [0.05, 0.1) is 12.8 Å². The van der Waals surface area contributed by atoms with Crippen molar-refractivity contribution in [3.05, 3.63) is 64.4 Å². The molecule has 0 N–H and O–H groups in total. The Kier molecular flexibility index (Phi) is 5.10. The minimum Gasteiger partial charge on any atom is -0.497 e. The lowest BCUT2D eigenvalue weighted by atomic mass is 10.2. The minimum atomic E-state index is 0.628. The fourth-order valence-electron chi connectivity index (χ4n) is 2.04. The van der Waals surface area contributed by atoms with E-state index < -0.39 is 0 Å². The Morgan fingerprint density at radius 2 is 2.04 bits per heavy atom. The number of halogens is 2. The summed E-state index contributed by atoms with van der Waals surface area (Å²) in [6.07, 6.45) is 1.68. The highest BCUT2D eigenvalue weighted by molar-refractivity contribution is 7.98. The zero-order valence-electron chi connectivity index (χ0n) is 12.2. The number of thioether (sulfide) groups is 1. The molecule has 0 atom stereocenters. The average molecular weight is 366 g/mol. The summed E-state index contributed by atoms with van der Waals surface area (Å²) in [5.74, 6) is 1.46. The second-order valence-corrected chi connectivity index (χ2v) is 6.50. The maximum Gasteiger partial charge on any atom is 0.195 e. The molecule has 0 aliphatic carbocycles. The maximum atomic E-state index is 6.21. The van der Waals surface area contributed by atoms with Gasteiger partial charge in [0.1, 0.15) is 12.1 Å². The summed E-state index contributed by atoms with van der Waals surface area (Å²) < 4.78 is 7.17. The normalized spacial score (nSPS) is 10.7. The Balaban J connectivity index is 1.81. The molecule has 23 heavy (non-hydrogen) atoms. The maximum absolute atomic E-state index is 6.21. The number of nitrogens with zero attached hydrogens (tertiary/aromatic N) is 3. The van der Waals surface area contributed by atoms with E-state index in [4.69, 9.17) is 27.9 Å². The molecule has 2 aromatic carbocycles. The van der Waals surface area contributed by atoms with Crippen molar-refractivity contribution >= 4 is 35.0 Å². The molecule has 4 nitrogen and oxygen atoms in total. The standard InChI is InChI=1S/C16H13Cl2N3OS/c1-22-14-4-2-3-13(8-14)21-10-19-20-16(21)23-9-11-5-6-12(17)7-15(11)18/h2-8,10H,9H2,1H3. The highest BCUT2D eigenvalue weighted by Gasteiger charge is 2.10. The van der Waals surface area contributed by atoms with Gasteiger partial charge in [-0.05, 0) is 29.8 Å². The zero-order chi connectivity index (χ0) is 16.2. The molecule has 118 valence electrons. The molecule has 0 amide bonds. The number of hydrogen-bond acceptors (Lipinski definition) is 4. The van der Waals surface area contributed by atoms with Crippen LogP contribution in [0.2, 0.25) is 10.0 Å². The number of rotatable bonds is 5. The van der Waals surface area contributed by atoms with Crippen LogP contribution in [0, 0.1) is 0 Å². The summed E-state index contributed by atoms with van der Waals surface area (Å²) in [7, 11) is 1.64. The monoisotopic (exact) mass is 365 g/mol. The first-order chi connectivity index (χ1) is 11.2. The van der Waals surface area contributed by atoms with Gasteiger partial charge in [-0.1, -0.05) is 47.1 Å². The quantitative estimate of drug-likeness (QED) is 0.604. The van der Waals surface area contributed by atoms with Crippen molar-refractivity contribution < 1.29 is 4.74 Å². The Labute approximate surface area is 148 Å². The molecule has 0 fully saturated rings. The number of methoxy groups -OCH3 is 1. The van der Waals surface area contributed by atoms with Crippen molar-refractivity contribution in [1.29, 1.82) is 0 Å². The molecule has 7 heteroatoms. The second kappa shape index (κ2) is 7.25. The molecular formula is C16H13Cl2N3OS. The molecule has 0 bridgehead atoms. The summed E-state index contributed by atoms with van der Waals surface area (Å²) in [5, 5.41) is 10.2. The van der Waals surface area contributed by atoms with Gasteiger partial charge in [0.2, 0.25) is 0 Å². The molecular weight excluding hydrogens is 353 g/mol. The lowest BCUT2D eigenvalue weighted by molar-refractivity contribution is 0.414. The molecule has 1 heterocycles. The van der Waals surface area contributed by atoms with Crippen LogP contribution in [0.25, 0.3) is 5.69 Å². The van der Waals surface area contributed by atoms with E-state index in [-0.39, 0.29) is 0 Å². The van der Waals surface area contributed by atoms with Crippen LogP contribution in [0.5, 0.6) is 5.75 Å². The van der Waals surface area contributed by atoms with Crippen molar-refractivity contribution in [2.45, 2.75) is 10.9 Å². The first-order valence-electron chi connectivity index (χ1n) is 6.78. The van der Waals surface area contributed by atoms with Crippen LogP contribution in [0.3, 0.4) is 0 Å². The van der Waals surface area contributed by atoms with Crippen LogP contribution in [-0.4, -0.2) is 21.9 Å². The smallest absolute Gasteiger partial charge is 0.195 e. The van der Waals surface area contributed by atoms with E-state index in [1.165, 1.54) is 0 Å². The van der Waals surface area contributed by atoms with Crippen LogP contribution >= 0.6 is 35.0 Å². The van der Waals surface area contributed by atoms with Gasteiger partial charge in [-0.3, -0.25) is 4.57 Å². The first kappa shape index (κ1) is 16.2. The Hall–Kier alpha value is -1.69. The number of ether oxygens (including phenoxy) is 1. The second-order valence-electron chi connectivity index (χ2n) is 4.71. The van der Waals surface area contributed by atoms with E-state index >= 15 is 0 Å². The summed E-state index contributed by atoms with van der Waals surface area (Å²) in [5.41, 5.74) is 1.94. The Morgan fingerprint density at radius 3 is 2.83 bits per heavy atom. The zero-order valence-corrected chi connectivity index (χ0v) is 14.6. The van der Waals surface area contributed by atoms with Gasteiger partial charge in [0.15, 0.2) is 5.16 Å². The van der Waals surface area contributed by atoms with Crippen LogP contribution in [-0.2, 0) is 5.75 Å². The number of hydrogen-bond donors (Lipinski definition) is 0. The number of benzene rings is 2. The van der Waals surface area contributed by atoms with Crippen molar-refractivity contribution in [2.75, 3.05) is 7.11 Å². The van der Waals surface area contributed by atoms with E-state index in [2.05, 4.69) is 10.2 Å². The van der Waals surface area contributed by atoms with Crippen molar-refractivity contribution in [1.82, 2.24) is 14.8 Å². The molecule has 0 aliphatic rings. The van der Waals surface area contributed by atoms with Crippen molar-refractivity contribution in [3.63, 3.8) is 0 Å². The highest BCUT2D eigenvalue weighted by Crippen LogP contribution is 2.29. The van der Waals surface area contributed by atoms with E-state index in [0.717, 1.165) is 22.2 Å². The summed E-state index contributed by atoms with van der Waals surface area (Å²) in [4.78, 5) is 0. The summed E-state index contributed by atoms with van der Waals surface area (Å²) in [6, 6.07) is 13.2. The molecule has 0 spiro atoms. The fourth-order valence-corrected chi connectivity index (χ4v) is 3.53. The van der Waals surface area contributed by atoms with E-state index in [0.29, 0.717) is 15.8 Å². The molecule has 0 radical (unpaired) electrons. The van der Waals surface area contributed by atoms with Crippen molar-refractivity contribution in [3.8, 4) is 11.4 Å². The van der Waals surface area contributed by atoms with Gasteiger partial charge in [-0.15, -0.1) is 10.2 Å². The molecule has 0 saturated heterocycles. The SMILES string of the molecule is COc1cccc(-n2cnnc2SCc2ccc(Cl)cc2Cl)c1. The van der Waals surface area contributed by atoms with Gasteiger partial charge in [-0.2, -0.15) is 0 Å². The summed E-state index contributed by atoms with van der Waals surface area (Å²) >= 11 is 13.7. The van der Waals surface area contributed by atoms with Gasteiger partial charge in [0, 0.05) is 21.9 Å². The highest BCUT2D eigenvalue weighted by atomic mass is 35.5. The molecule has 1 aromatic heterocycles. The topological polar surface area (TPSA) is 39.9 Å². The molecule has 3 rings (SSSR count). The largest absolute Gasteiger partial charge is 0.497 e. The summed E-state index contributed by atoms with van der Waals surface area (Å²) in [6.45, 7) is 0. The Morgan fingerprint density at radius 1 is 1.17 bits per heavy atom. The molecule has 0 saturated carbocycles. The van der Waals surface area contributed by atoms with E-state index in [1.807, 2.05) is 41.0 Å². The van der Waals surface area contributed by atoms with Gasteiger partial charge in [-0.25, -0.2) is 0 Å². The van der Waals surface area contributed by atoms with Crippen LogP contribution in [0.1, 0.15) is 5.56 Å². The minimum absolute atomic E-state index is 0.628. The fraction of sp³-hybridized carbons (Fsp3) is 0.125. The third-order valence-corrected chi connectivity index (χ3v) is 4.80. The van der Waals surface area contributed by atoms with Crippen LogP contribution < -0.4 is 4.74 Å². The average Bonchev–Trinajstić information content (AvgIpc) is 3.02. The predicted octanol–water partition coefficient (Wildman–Crippen LogP) is 4.88. The Bertz CT molecular complexity index is 823. The van der Waals surface area contributed by atoms with Gasteiger partial charge in [0.25, 0.3) is 0 Å². The van der Waals surface area contributed by atoms with E-state index in [9.17, 15) is 0 Å². The van der Waals surface area contributed by atoms with Gasteiger partial charge >= 0.3 is 0 Å². The van der Waals surface area contributed by atoms with Crippen LogP contribution in [0.15, 0.2) is 53.9 Å².